The second-order valence-electron chi connectivity index (χ2n) is 3.57. The lowest BCUT2D eigenvalue weighted by Crippen LogP contribution is -2.01. The maximum absolute atomic E-state index is 10.9. The second kappa shape index (κ2) is 4.22. The number of hydrogen-bond donors (Lipinski definition) is 2. The molecule has 0 aliphatic heterocycles. The van der Waals surface area contributed by atoms with Gasteiger partial charge in [-0.1, -0.05) is 18.5 Å². The molecule has 0 fully saturated rings. The number of pyridine rings is 1. The molecule has 84 valence electrons. The maximum atomic E-state index is 10.9. The van der Waals surface area contributed by atoms with Crippen molar-refractivity contribution in [3.8, 4) is 11.3 Å². The van der Waals surface area contributed by atoms with E-state index in [-0.39, 0.29) is 5.56 Å². The van der Waals surface area contributed by atoms with Crippen LogP contribution in [0.4, 0.5) is 5.82 Å². The van der Waals surface area contributed by atoms with E-state index >= 15 is 0 Å². The zero-order valence-corrected chi connectivity index (χ0v) is 8.99. The van der Waals surface area contributed by atoms with Crippen molar-refractivity contribution in [2.75, 3.05) is 5.73 Å². The molecule has 0 atom stereocenters. The molecule has 0 aliphatic rings. The minimum Gasteiger partial charge on any atom is -0.381 e. The molecular weight excluding hydrogens is 206 g/mol. The summed E-state index contributed by atoms with van der Waals surface area (Å²) in [5.41, 5.74) is 7.25. The third-order valence-electron chi connectivity index (χ3n) is 2.36. The Morgan fingerprint density at radius 3 is 2.94 bits per heavy atom. The normalized spacial score (nSPS) is 10.6. The Balaban J connectivity index is 2.47. The van der Waals surface area contributed by atoms with Crippen molar-refractivity contribution in [3.63, 3.8) is 0 Å². The highest BCUT2D eigenvalue weighted by Gasteiger charge is 2.14. The Morgan fingerprint density at radius 2 is 2.31 bits per heavy atom. The van der Waals surface area contributed by atoms with Crippen LogP contribution in [0.25, 0.3) is 11.3 Å². The number of anilines is 1. The predicted molar refractivity (Wildman–Crippen MR) is 61.0 cm³/mol. The van der Waals surface area contributed by atoms with E-state index < -0.39 is 0 Å². The van der Waals surface area contributed by atoms with Gasteiger partial charge < -0.3 is 15.2 Å². The number of aromatic amines is 1. The van der Waals surface area contributed by atoms with Gasteiger partial charge in [-0.3, -0.25) is 4.79 Å². The first-order chi connectivity index (χ1) is 7.72. The molecule has 0 saturated heterocycles. The highest BCUT2D eigenvalue weighted by molar-refractivity contribution is 5.65. The van der Waals surface area contributed by atoms with Crippen molar-refractivity contribution in [1.82, 2.24) is 10.1 Å². The molecule has 0 aromatic carbocycles. The number of rotatable bonds is 3. The van der Waals surface area contributed by atoms with E-state index in [1.54, 1.807) is 12.3 Å². The summed E-state index contributed by atoms with van der Waals surface area (Å²) in [6.45, 7) is 2.06. The first kappa shape index (κ1) is 10.5. The first-order valence-corrected chi connectivity index (χ1v) is 5.15. The van der Waals surface area contributed by atoms with Crippen molar-refractivity contribution < 1.29 is 4.52 Å². The predicted octanol–water partition coefficient (Wildman–Crippen LogP) is 1.56. The van der Waals surface area contributed by atoms with Crippen LogP contribution in [-0.4, -0.2) is 10.1 Å². The summed E-state index contributed by atoms with van der Waals surface area (Å²) in [5.74, 6) is 1.05. The van der Waals surface area contributed by atoms with Gasteiger partial charge in [-0.25, -0.2) is 0 Å². The standard InChI is InChI=1S/C11H13N3O2/c1-2-3-8-10(16-14-11(8)12)7-4-5-9(15)13-6-7/h4-6H,2-3H2,1H3,(H2,12,14)(H,13,15). The smallest absolute Gasteiger partial charge is 0.247 e. The fourth-order valence-electron chi connectivity index (χ4n) is 1.59. The molecule has 0 unspecified atom stereocenters. The average Bonchev–Trinajstić information content (AvgIpc) is 2.63. The summed E-state index contributed by atoms with van der Waals surface area (Å²) in [6.07, 6.45) is 3.37. The topological polar surface area (TPSA) is 84.9 Å². The zero-order chi connectivity index (χ0) is 11.5. The lowest BCUT2D eigenvalue weighted by molar-refractivity contribution is 0.435. The van der Waals surface area contributed by atoms with Gasteiger partial charge in [0.2, 0.25) is 5.56 Å². The van der Waals surface area contributed by atoms with Crippen LogP contribution in [0.3, 0.4) is 0 Å². The van der Waals surface area contributed by atoms with Crippen LogP contribution < -0.4 is 11.3 Å². The van der Waals surface area contributed by atoms with Gasteiger partial charge in [0.25, 0.3) is 0 Å². The monoisotopic (exact) mass is 219 g/mol. The van der Waals surface area contributed by atoms with E-state index in [1.807, 2.05) is 0 Å². The number of nitrogens with zero attached hydrogens (tertiary/aromatic N) is 1. The molecule has 0 amide bonds. The molecule has 3 N–H and O–H groups in total. The van der Waals surface area contributed by atoms with E-state index in [9.17, 15) is 4.79 Å². The molecule has 0 radical (unpaired) electrons. The molecular formula is C11H13N3O2. The number of H-pyrrole nitrogens is 1. The Hall–Kier alpha value is -2.04. The van der Waals surface area contributed by atoms with Crippen LogP contribution in [0, 0.1) is 0 Å². The Morgan fingerprint density at radius 1 is 1.50 bits per heavy atom. The van der Waals surface area contributed by atoms with Gasteiger partial charge in [0.15, 0.2) is 11.6 Å². The molecule has 0 bridgehead atoms. The van der Waals surface area contributed by atoms with Crippen molar-refractivity contribution in [3.05, 3.63) is 34.2 Å². The fourth-order valence-corrected chi connectivity index (χ4v) is 1.59. The van der Waals surface area contributed by atoms with Gasteiger partial charge in [0, 0.05) is 23.4 Å². The summed E-state index contributed by atoms with van der Waals surface area (Å²) in [7, 11) is 0. The Labute approximate surface area is 92.3 Å². The van der Waals surface area contributed by atoms with E-state index in [2.05, 4.69) is 17.1 Å². The highest BCUT2D eigenvalue weighted by Crippen LogP contribution is 2.27. The van der Waals surface area contributed by atoms with Crippen LogP contribution in [0.2, 0.25) is 0 Å². The van der Waals surface area contributed by atoms with E-state index in [0.717, 1.165) is 24.0 Å². The largest absolute Gasteiger partial charge is 0.381 e. The summed E-state index contributed by atoms with van der Waals surface area (Å²) >= 11 is 0. The zero-order valence-electron chi connectivity index (χ0n) is 8.99. The van der Waals surface area contributed by atoms with E-state index in [0.29, 0.717) is 11.6 Å². The van der Waals surface area contributed by atoms with Crippen LogP contribution in [-0.2, 0) is 6.42 Å². The third kappa shape index (κ3) is 1.84. The molecule has 16 heavy (non-hydrogen) atoms. The molecule has 0 spiro atoms. The summed E-state index contributed by atoms with van der Waals surface area (Å²) in [6, 6.07) is 3.14. The minimum absolute atomic E-state index is 0.145. The Bertz CT molecular complexity index is 522. The van der Waals surface area contributed by atoms with Crippen LogP contribution in [0.5, 0.6) is 0 Å². The lowest BCUT2D eigenvalue weighted by Gasteiger charge is -1.99. The summed E-state index contributed by atoms with van der Waals surface area (Å²) in [5, 5.41) is 3.74. The SMILES string of the molecule is CCCc1c(N)noc1-c1ccc(=O)[nH]c1. The summed E-state index contributed by atoms with van der Waals surface area (Å²) in [4.78, 5) is 13.5. The number of hydrogen-bond acceptors (Lipinski definition) is 4. The van der Waals surface area contributed by atoms with Crippen molar-refractivity contribution >= 4 is 5.82 Å². The van der Waals surface area contributed by atoms with E-state index in [1.165, 1.54) is 6.07 Å². The van der Waals surface area contributed by atoms with Crippen LogP contribution in [0.15, 0.2) is 27.6 Å². The molecule has 0 aliphatic carbocycles. The molecule has 2 rings (SSSR count). The van der Waals surface area contributed by atoms with Gasteiger partial charge in [0.05, 0.1) is 0 Å². The van der Waals surface area contributed by atoms with Gasteiger partial charge in [0.1, 0.15) is 0 Å². The lowest BCUT2D eigenvalue weighted by atomic mass is 10.1. The molecule has 5 nitrogen and oxygen atoms in total. The summed E-state index contributed by atoms with van der Waals surface area (Å²) < 4.78 is 5.18. The van der Waals surface area contributed by atoms with Gasteiger partial charge in [-0.2, -0.15) is 0 Å². The quantitative estimate of drug-likeness (QED) is 0.820. The fraction of sp³-hybridized carbons (Fsp3) is 0.273. The number of nitrogens with one attached hydrogen (secondary N) is 1. The molecule has 2 aromatic rings. The average molecular weight is 219 g/mol. The van der Waals surface area contributed by atoms with Crippen molar-refractivity contribution in [1.29, 1.82) is 0 Å². The van der Waals surface area contributed by atoms with Crippen LogP contribution >= 0.6 is 0 Å². The third-order valence-corrected chi connectivity index (χ3v) is 2.36. The molecule has 2 heterocycles. The van der Waals surface area contributed by atoms with Crippen molar-refractivity contribution in [2.24, 2.45) is 0 Å². The molecule has 5 heteroatoms. The van der Waals surface area contributed by atoms with Crippen molar-refractivity contribution in [2.45, 2.75) is 19.8 Å². The highest BCUT2D eigenvalue weighted by atomic mass is 16.5. The van der Waals surface area contributed by atoms with Gasteiger partial charge >= 0.3 is 0 Å². The Kier molecular flexibility index (Phi) is 2.76. The van der Waals surface area contributed by atoms with Gasteiger partial charge in [-0.15, -0.1) is 0 Å². The minimum atomic E-state index is -0.145. The first-order valence-electron chi connectivity index (χ1n) is 5.15. The molecule has 0 saturated carbocycles. The second-order valence-corrected chi connectivity index (χ2v) is 3.57. The number of nitrogens with two attached hydrogens (primary N) is 1. The number of aromatic nitrogens is 2. The number of nitrogen functional groups attached to an aromatic ring is 1. The molecule has 2 aromatic heterocycles. The van der Waals surface area contributed by atoms with E-state index in [4.69, 9.17) is 10.3 Å². The maximum Gasteiger partial charge on any atom is 0.247 e. The van der Waals surface area contributed by atoms with Crippen LogP contribution in [0.1, 0.15) is 18.9 Å². The van der Waals surface area contributed by atoms with Gasteiger partial charge in [-0.05, 0) is 12.5 Å².